The number of alkyl halides is 3. The molecule has 0 aliphatic carbocycles. The largest absolute Gasteiger partial charge is 0.493 e. The zero-order valence-corrected chi connectivity index (χ0v) is 8.92. The number of rotatable bonds is 3. The predicted octanol–water partition coefficient (Wildman–Crippen LogP) is 2.36. The van der Waals surface area contributed by atoms with E-state index >= 15 is 0 Å². The summed E-state index contributed by atoms with van der Waals surface area (Å²) in [6.07, 6.45) is -5.20. The number of hydrogen-bond acceptors (Lipinski definition) is 2. The summed E-state index contributed by atoms with van der Waals surface area (Å²) in [4.78, 5) is 0. The lowest BCUT2D eigenvalue weighted by atomic mass is 10.2. The maximum absolute atomic E-state index is 11.9. The van der Waals surface area contributed by atoms with Gasteiger partial charge in [-0.15, -0.1) is 0 Å². The minimum Gasteiger partial charge on any atom is -0.493 e. The van der Waals surface area contributed by atoms with Gasteiger partial charge in [0.25, 0.3) is 0 Å². The van der Waals surface area contributed by atoms with Crippen molar-refractivity contribution in [3.8, 4) is 17.6 Å². The molecule has 0 fully saturated rings. The highest BCUT2D eigenvalue weighted by atomic mass is 19.4. The van der Waals surface area contributed by atoms with Gasteiger partial charge in [-0.25, -0.2) is 0 Å². The predicted molar refractivity (Wildman–Crippen MR) is 56.6 cm³/mol. The number of halogens is 3. The Morgan fingerprint density at radius 3 is 2.71 bits per heavy atom. The van der Waals surface area contributed by atoms with Crippen LogP contribution in [0.3, 0.4) is 0 Å². The van der Waals surface area contributed by atoms with Gasteiger partial charge in [-0.2, -0.15) is 13.2 Å². The van der Waals surface area contributed by atoms with E-state index < -0.39 is 19.2 Å². The number of hydrogen-bond donors (Lipinski definition) is 1. The monoisotopic (exact) mass is 244 g/mol. The van der Waals surface area contributed by atoms with Crippen LogP contribution in [0.5, 0.6) is 5.75 Å². The molecule has 0 bridgehead atoms. The van der Waals surface area contributed by atoms with E-state index in [2.05, 4.69) is 11.8 Å². The maximum Gasteiger partial charge on any atom is 0.392 e. The molecule has 0 aliphatic heterocycles. The molecule has 0 amide bonds. The molecule has 1 rings (SSSR count). The fourth-order valence-electron chi connectivity index (χ4n) is 1.09. The first-order valence-electron chi connectivity index (χ1n) is 4.90. The standard InChI is InChI=1S/C12H11F3O2/c13-12(14,15)6-8-17-11-5-1-3-10(9-11)4-2-7-16/h1,3,5,9,16H,6-8H2. The Morgan fingerprint density at radius 2 is 2.06 bits per heavy atom. The van der Waals surface area contributed by atoms with Crippen LogP contribution in [0.15, 0.2) is 24.3 Å². The number of benzene rings is 1. The summed E-state index contributed by atoms with van der Waals surface area (Å²) in [6.45, 7) is -0.681. The summed E-state index contributed by atoms with van der Waals surface area (Å²) < 4.78 is 40.6. The van der Waals surface area contributed by atoms with Crippen LogP contribution in [0.25, 0.3) is 0 Å². The minimum absolute atomic E-state index is 0.265. The van der Waals surface area contributed by atoms with Gasteiger partial charge < -0.3 is 9.84 Å². The van der Waals surface area contributed by atoms with Gasteiger partial charge in [0.2, 0.25) is 0 Å². The van der Waals surface area contributed by atoms with Crippen molar-refractivity contribution in [2.45, 2.75) is 12.6 Å². The molecule has 2 nitrogen and oxygen atoms in total. The minimum atomic E-state index is -4.21. The molecule has 1 aromatic carbocycles. The summed E-state index contributed by atoms with van der Waals surface area (Å²) in [7, 11) is 0. The van der Waals surface area contributed by atoms with Crippen molar-refractivity contribution in [1.82, 2.24) is 0 Å². The molecule has 0 radical (unpaired) electrons. The fraction of sp³-hybridized carbons (Fsp3) is 0.333. The smallest absolute Gasteiger partial charge is 0.392 e. The Kier molecular flexibility index (Phi) is 4.85. The van der Waals surface area contributed by atoms with Gasteiger partial charge in [0, 0.05) is 5.56 Å². The van der Waals surface area contributed by atoms with Crippen LogP contribution in [0, 0.1) is 11.8 Å². The van der Waals surface area contributed by atoms with E-state index in [9.17, 15) is 13.2 Å². The summed E-state index contributed by atoms with van der Waals surface area (Å²) in [5, 5.41) is 8.50. The van der Waals surface area contributed by atoms with Gasteiger partial charge in [0.15, 0.2) is 0 Å². The first-order valence-corrected chi connectivity index (χ1v) is 4.90. The Balaban J connectivity index is 2.54. The molecule has 92 valence electrons. The molecule has 17 heavy (non-hydrogen) atoms. The lowest BCUT2D eigenvalue weighted by molar-refractivity contribution is -0.139. The van der Waals surface area contributed by atoms with Crippen LogP contribution in [-0.2, 0) is 0 Å². The van der Waals surface area contributed by atoms with Gasteiger partial charge in [0.05, 0.1) is 13.0 Å². The van der Waals surface area contributed by atoms with Crippen LogP contribution >= 0.6 is 0 Å². The van der Waals surface area contributed by atoms with Gasteiger partial charge in [0.1, 0.15) is 12.4 Å². The Hall–Kier alpha value is -1.67. The van der Waals surface area contributed by atoms with E-state index in [1.165, 1.54) is 6.07 Å². The van der Waals surface area contributed by atoms with Crippen molar-refractivity contribution >= 4 is 0 Å². The van der Waals surface area contributed by atoms with Crippen LogP contribution in [0.2, 0.25) is 0 Å². The summed E-state index contributed by atoms with van der Waals surface area (Å²) in [6, 6.07) is 6.39. The molecule has 1 aromatic rings. The van der Waals surface area contributed by atoms with E-state index in [1.54, 1.807) is 18.2 Å². The molecule has 5 heteroatoms. The van der Waals surface area contributed by atoms with Crippen LogP contribution in [-0.4, -0.2) is 24.5 Å². The van der Waals surface area contributed by atoms with Gasteiger partial charge >= 0.3 is 6.18 Å². The fourth-order valence-corrected chi connectivity index (χ4v) is 1.09. The quantitative estimate of drug-likeness (QED) is 0.827. The Morgan fingerprint density at radius 1 is 1.29 bits per heavy atom. The summed E-state index contributed by atoms with van der Waals surface area (Å²) in [5.74, 6) is 5.41. The van der Waals surface area contributed by atoms with E-state index in [0.717, 1.165) is 0 Å². The van der Waals surface area contributed by atoms with Crippen LogP contribution in [0.4, 0.5) is 13.2 Å². The van der Waals surface area contributed by atoms with E-state index in [-0.39, 0.29) is 6.61 Å². The highest BCUT2D eigenvalue weighted by molar-refractivity contribution is 5.39. The molecular weight excluding hydrogens is 233 g/mol. The second-order valence-electron chi connectivity index (χ2n) is 3.20. The van der Waals surface area contributed by atoms with Crippen molar-refractivity contribution < 1.29 is 23.0 Å². The second-order valence-corrected chi connectivity index (χ2v) is 3.20. The van der Waals surface area contributed by atoms with E-state index in [1.807, 2.05) is 0 Å². The topological polar surface area (TPSA) is 29.5 Å². The van der Waals surface area contributed by atoms with Gasteiger partial charge in [-0.05, 0) is 18.2 Å². The third-order valence-electron chi connectivity index (χ3n) is 1.80. The zero-order chi connectivity index (χ0) is 12.7. The van der Waals surface area contributed by atoms with Crippen molar-refractivity contribution in [1.29, 1.82) is 0 Å². The molecule has 0 aliphatic rings. The molecule has 0 spiro atoms. The van der Waals surface area contributed by atoms with Gasteiger partial charge in [-0.3, -0.25) is 0 Å². The first-order chi connectivity index (χ1) is 8.01. The average molecular weight is 244 g/mol. The lowest BCUT2D eigenvalue weighted by Crippen LogP contribution is -2.13. The summed E-state index contributed by atoms with van der Waals surface area (Å²) >= 11 is 0. The van der Waals surface area contributed by atoms with Crippen LogP contribution < -0.4 is 4.74 Å². The normalized spacial score (nSPS) is 10.6. The number of ether oxygens (including phenoxy) is 1. The second kappa shape index (κ2) is 6.16. The van der Waals surface area contributed by atoms with Crippen LogP contribution in [0.1, 0.15) is 12.0 Å². The van der Waals surface area contributed by atoms with E-state index in [0.29, 0.717) is 11.3 Å². The molecule has 0 atom stereocenters. The van der Waals surface area contributed by atoms with Crippen molar-refractivity contribution in [3.63, 3.8) is 0 Å². The number of aliphatic hydroxyl groups excluding tert-OH is 1. The summed E-state index contributed by atoms with van der Waals surface area (Å²) in [5.41, 5.74) is 0.587. The molecule has 0 heterocycles. The third-order valence-corrected chi connectivity index (χ3v) is 1.80. The van der Waals surface area contributed by atoms with Crippen molar-refractivity contribution in [2.75, 3.05) is 13.2 Å². The number of aliphatic hydroxyl groups is 1. The highest BCUT2D eigenvalue weighted by Crippen LogP contribution is 2.20. The zero-order valence-electron chi connectivity index (χ0n) is 8.92. The average Bonchev–Trinajstić information content (AvgIpc) is 2.25. The molecule has 0 aromatic heterocycles. The molecule has 0 saturated heterocycles. The molecule has 1 N–H and O–H groups in total. The maximum atomic E-state index is 11.9. The van der Waals surface area contributed by atoms with Crippen molar-refractivity contribution in [2.24, 2.45) is 0 Å². The lowest BCUT2D eigenvalue weighted by Gasteiger charge is -2.08. The molecular formula is C12H11F3O2. The van der Waals surface area contributed by atoms with Gasteiger partial charge in [-0.1, -0.05) is 17.9 Å². The Labute approximate surface area is 97.0 Å². The SMILES string of the molecule is OCC#Cc1cccc(OCCC(F)(F)F)c1. The van der Waals surface area contributed by atoms with E-state index in [4.69, 9.17) is 9.84 Å². The Bertz CT molecular complexity index is 416. The highest BCUT2D eigenvalue weighted by Gasteiger charge is 2.26. The molecule has 0 saturated carbocycles. The molecule has 0 unspecified atom stereocenters. The first kappa shape index (κ1) is 13.4. The third kappa shape index (κ3) is 5.83. The van der Waals surface area contributed by atoms with Crippen molar-refractivity contribution in [3.05, 3.63) is 29.8 Å².